The third-order valence-corrected chi connectivity index (χ3v) is 4.08. The van der Waals surface area contributed by atoms with Crippen molar-refractivity contribution in [1.82, 2.24) is 9.80 Å². The summed E-state index contributed by atoms with van der Waals surface area (Å²) in [5.74, 6) is 1.23. The van der Waals surface area contributed by atoms with Gasteiger partial charge in [0.2, 0.25) is 11.8 Å². The van der Waals surface area contributed by atoms with E-state index in [1.54, 1.807) is 21.6 Å². The molecule has 0 bridgehead atoms. The van der Waals surface area contributed by atoms with E-state index in [2.05, 4.69) is 6.58 Å². The van der Waals surface area contributed by atoms with Crippen LogP contribution in [0, 0.1) is 0 Å². The SMILES string of the molecule is C=CC(=O)N1CSCC1C(=O)N(C)C1CC1. The van der Waals surface area contributed by atoms with Crippen LogP contribution in [0.1, 0.15) is 12.8 Å². The number of carbonyl (C=O) groups is 2. The second-order valence-corrected chi connectivity index (χ2v) is 5.21. The number of likely N-dealkylation sites (N-methyl/N-ethyl adjacent to an activating group) is 1. The van der Waals surface area contributed by atoms with Gasteiger partial charge in [0.15, 0.2) is 0 Å². The van der Waals surface area contributed by atoms with Gasteiger partial charge < -0.3 is 9.80 Å². The Hall–Kier alpha value is -0.970. The summed E-state index contributed by atoms with van der Waals surface area (Å²) in [6.45, 7) is 3.47. The van der Waals surface area contributed by atoms with Crippen molar-refractivity contribution in [2.24, 2.45) is 0 Å². The lowest BCUT2D eigenvalue weighted by Gasteiger charge is -2.26. The molecule has 2 fully saturated rings. The lowest BCUT2D eigenvalue weighted by atomic mass is 10.2. The maximum Gasteiger partial charge on any atom is 0.247 e. The zero-order valence-corrected chi connectivity index (χ0v) is 10.2. The normalized spacial score (nSPS) is 24.3. The summed E-state index contributed by atoms with van der Waals surface area (Å²) in [7, 11) is 1.83. The van der Waals surface area contributed by atoms with E-state index >= 15 is 0 Å². The summed E-state index contributed by atoms with van der Waals surface area (Å²) in [5.41, 5.74) is 0. The Bertz CT molecular complexity index is 328. The van der Waals surface area contributed by atoms with Gasteiger partial charge in [0.1, 0.15) is 6.04 Å². The first-order valence-electron chi connectivity index (χ1n) is 5.42. The van der Waals surface area contributed by atoms with Gasteiger partial charge in [-0.15, -0.1) is 11.8 Å². The summed E-state index contributed by atoms with van der Waals surface area (Å²) in [6, 6.07) is 0.111. The summed E-state index contributed by atoms with van der Waals surface area (Å²) >= 11 is 1.62. The van der Waals surface area contributed by atoms with Crippen LogP contribution in [0.4, 0.5) is 0 Å². The molecule has 1 saturated heterocycles. The summed E-state index contributed by atoms with van der Waals surface area (Å²) in [4.78, 5) is 27.1. The molecule has 0 aromatic heterocycles. The van der Waals surface area contributed by atoms with Crippen LogP contribution in [0.3, 0.4) is 0 Å². The number of hydrogen-bond donors (Lipinski definition) is 0. The number of hydrogen-bond acceptors (Lipinski definition) is 3. The molecule has 2 rings (SSSR count). The van der Waals surface area contributed by atoms with Crippen LogP contribution in [0.2, 0.25) is 0 Å². The van der Waals surface area contributed by atoms with Crippen molar-refractivity contribution in [1.29, 1.82) is 0 Å². The second kappa shape index (κ2) is 4.49. The number of amides is 2. The molecule has 16 heavy (non-hydrogen) atoms. The van der Waals surface area contributed by atoms with Crippen LogP contribution in [0.5, 0.6) is 0 Å². The third kappa shape index (κ3) is 2.09. The van der Waals surface area contributed by atoms with E-state index in [0.717, 1.165) is 12.8 Å². The van der Waals surface area contributed by atoms with Crippen LogP contribution >= 0.6 is 11.8 Å². The predicted octanol–water partition coefficient (Wildman–Crippen LogP) is 0.695. The van der Waals surface area contributed by atoms with Gasteiger partial charge >= 0.3 is 0 Å². The summed E-state index contributed by atoms with van der Waals surface area (Å²) in [5, 5.41) is 0. The average molecular weight is 240 g/mol. The van der Waals surface area contributed by atoms with Crippen molar-refractivity contribution in [3.05, 3.63) is 12.7 Å². The van der Waals surface area contributed by atoms with Crippen molar-refractivity contribution in [2.45, 2.75) is 24.9 Å². The highest BCUT2D eigenvalue weighted by atomic mass is 32.2. The number of rotatable bonds is 3. The second-order valence-electron chi connectivity index (χ2n) is 4.21. The number of nitrogens with zero attached hydrogens (tertiary/aromatic N) is 2. The molecule has 1 atom stereocenters. The molecule has 5 heteroatoms. The first-order chi connectivity index (χ1) is 7.65. The Morgan fingerprint density at radius 3 is 2.75 bits per heavy atom. The summed E-state index contributed by atoms with van der Waals surface area (Å²) in [6.07, 6.45) is 3.47. The zero-order chi connectivity index (χ0) is 11.7. The molecule has 1 heterocycles. The van der Waals surface area contributed by atoms with Gasteiger partial charge in [-0.25, -0.2) is 0 Å². The van der Waals surface area contributed by atoms with E-state index in [-0.39, 0.29) is 17.9 Å². The smallest absolute Gasteiger partial charge is 0.247 e. The fraction of sp³-hybridized carbons (Fsp3) is 0.636. The molecule has 0 aromatic carbocycles. The molecule has 0 radical (unpaired) electrons. The highest BCUT2D eigenvalue weighted by Gasteiger charge is 2.39. The molecule has 88 valence electrons. The minimum Gasteiger partial charge on any atom is -0.341 e. The quantitative estimate of drug-likeness (QED) is 0.682. The van der Waals surface area contributed by atoms with Crippen LogP contribution in [0.15, 0.2) is 12.7 Å². The fourth-order valence-corrected chi connectivity index (χ4v) is 3.01. The molecule has 1 aliphatic heterocycles. The predicted molar refractivity (Wildman–Crippen MR) is 63.9 cm³/mol. The van der Waals surface area contributed by atoms with E-state index in [9.17, 15) is 9.59 Å². The monoisotopic (exact) mass is 240 g/mol. The average Bonchev–Trinajstić information content (AvgIpc) is 3.03. The molecule has 1 unspecified atom stereocenters. The maximum absolute atomic E-state index is 12.1. The standard InChI is InChI=1S/C11H16N2O2S/c1-3-10(14)13-7-16-6-9(13)11(15)12(2)8-4-5-8/h3,8-9H,1,4-7H2,2H3. The summed E-state index contributed by atoms with van der Waals surface area (Å²) < 4.78 is 0. The van der Waals surface area contributed by atoms with Gasteiger partial charge in [-0.1, -0.05) is 6.58 Å². The Labute approximate surface area is 99.7 Å². The van der Waals surface area contributed by atoms with Crippen LogP contribution in [-0.2, 0) is 9.59 Å². The zero-order valence-electron chi connectivity index (χ0n) is 9.39. The maximum atomic E-state index is 12.1. The highest BCUT2D eigenvalue weighted by Crippen LogP contribution is 2.29. The van der Waals surface area contributed by atoms with Crippen molar-refractivity contribution < 1.29 is 9.59 Å². The van der Waals surface area contributed by atoms with Crippen molar-refractivity contribution in [3.8, 4) is 0 Å². The molecule has 0 aromatic rings. The Kier molecular flexibility index (Phi) is 3.23. The minimum atomic E-state index is -0.291. The van der Waals surface area contributed by atoms with E-state index in [1.165, 1.54) is 6.08 Å². The molecular formula is C11H16N2O2S. The van der Waals surface area contributed by atoms with Crippen molar-refractivity contribution >= 4 is 23.6 Å². The van der Waals surface area contributed by atoms with Crippen molar-refractivity contribution in [3.63, 3.8) is 0 Å². The molecule has 1 saturated carbocycles. The topological polar surface area (TPSA) is 40.6 Å². The molecule has 0 N–H and O–H groups in total. The lowest BCUT2D eigenvalue weighted by Crippen LogP contribution is -2.48. The first kappa shape index (κ1) is 11.5. The number of thioether (sulfide) groups is 1. The van der Waals surface area contributed by atoms with Crippen molar-refractivity contribution in [2.75, 3.05) is 18.7 Å². The molecule has 2 aliphatic rings. The van der Waals surface area contributed by atoms with Gasteiger partial charge in [-0.05, 0) is 18.9 Å². The molecule has 1 aliphatic carbocycles. The molecule has 0 spiro atoms. The minimum absolute atomic E-state index is 0.0719. The largest absolute Gasteiger partial charge is 0.341 e. The molecule has 2 amide bonds. The Balaban J connectivity index is 2.03. The lowest BCUT2D eigenvalue weighted by molar-refractivity contribution is -0.140. The van der Waals surface area contributed by atoms with Crippen LogP contribution < -0.4 is 0 Å². The van der Waals surface area contributed by atoms with Gasteiger partial charge in [-0.3, -0.25) is 9.59 Å². The van der Waals surface area contributed by atoms with Gasteiger partial charge in [-0.2, -0.15) is 0 Å². The third-order valence-electron chi connectivity index (χ3n) is 3.07. The Morgan fingerprint density at radius 1 is 1.50 bits per heavy atom. The molecule has 4 nitrogen and oxygen atoms in total. The highest BCUT2D eigenvalue weighted by molar-refractivity contribution is 7.99. The first-order valence-corrected chi connectivity index (χ1v) is 6.58. The van der Waals surface area contributed by atoms with Crippen LogP contribution in [0.25, 0.3) is 0 Å². The van der Waals surface area contributed by atoms with E-state index in [4.69, 9.17) is 0 Å². The van der Waals surface area contributed by atoms with Crippen LogP contribution in [-0.4, -0.2) is 52.4 Å². The van der Waals surface area contributed by atoms with E-state index < -0.39 is 0 Å². The fourth-order valence-electron chi connectivity index (χ4n) is 1.86. The molecular weight excluding hydrogens is 224 g/mol. The Morgan fingerprint density at radius 2 is 2.19 bits per heavy atom. The van der Waals surface area contributed by atoms with E-state index in [1.807, 2.05) is 7.05 Å². The van der Waals surface area contributed by atoms with Gasteiger partial charge in [0, 0.05) is 18.8 Å². The van der Waals surface area contributed by atoms with Gasteiger partial charge in [0.05, 0.1) is 5.88 Å². The number of carbonyl (C=O) groups excluding carboxylic acids is 2. The van der Waals surface area contributed by atoms with Gasteiger partial charge in [0.25, 0.3) is 0 Å². The van der Waals surface area contributed by atoms with E-state index in [0.29, 0.717) is 17.7 Å².